The van der Waals surface area contributed by atoms with Crippen molar-refractivity contribution in [2.75, 3.05) is 0 Å². The van der Waals surface area contributed by atoms with E-state index in [4.69, 9.17) is 0 Å². The van der Waals surface area contributed by atoms with Crippen molar-refractivity contribution in [3.05, 3.63) is 114 Å². The van der Waals surface area contributed by atoms with Crippen LogP contribution in [0.4, 0.5) is 0 Å². The van der Waals surface area contributed by atoms with E-state index in [1.165, 1.54) is 11.1 Å². The predicted octanol–water partition coefficient (Wildman–Crippen LogP) is 9.61. The van der Waals surface area contributed by atoms with E-state index in [2.05, 4.69) is 59.6 Å². The zero-order valence-corrected chi connectivity index (χ0v) is 27.5. The summed E-state index contributed by atoms with van der Waals surface area (Å²) in [5, 5.41) is 38.7. The third kappa shape index (κ3) is 6.50. The molecular weight excluding hydrogens is 632 g/mol. The summed E-state index contributed by atoms with van der Waals surface area (Å²) in [6, 6.07) is 18.2. The quantitative estimate of drug-likeness (QED) is 0.174. The van der Waals surface area contributed by atoms with E-state index in [-0.39, 0.29) is 22.3 Å². The Morgan fingerprint density at radius 1 is 0.475 bits per heavy atom. The smallest absolute Gasteiger partial charge is 0.129 e. The molecule has 0 aromatic heterocycles. The molecule has 0 aliphatic carbocycles. The van der Waals surface area contributed by atoms with Crippen LogP contribution in [0.5, 0.6) is 23.0 Å². The fourth-order valence-electron chi connectivity index (χ4n) is 5.94. The van der Waals surface area contributed by atoms with E-state index in [0.717, 1.165) is 33.4 Å². The number of halogens is 2. The van der Waals surface area contributed by atoms with Gasteiger partial charge in [0, 0.05) is 10.8 Å². The van der Waals surface area contributed by atoms with Crippen LogP contribution in [0.15, 0.2) is 69.6 Å². The van der Waals surface area contributed by atoms with Crippen LogP contribution in [0.25, 0.3) is 0 Å². The summed E-state index contributed by atoms with van der Waals surface area (Å²) in [6.07, 6.45) is 0. The molecule has 0 bridgehead atoms. The van der Waals surface area contributed by atoms with E-state index < -0.39 is 0 Å². The molecule has 0 fully saturated rings. The molecule has 4 nitrogen and oxygen atoms in total. The molecule has 0 heterocycles. The van der Waals surface area contributed by atoms with Crippen LogP contribution in [0.3, 0.4) is 0 Å². The van der Waals surface area contributed by atoms with Crippen molar-refractivity contribution in [3.8, 4) is 23.0 Å². The van der Waals surface area contributed by atoms with Crippen LogP contribution >= 0.6 is 31.9 Å². The van der Waals surface area contributed by atoms with Gasteiger partial charge in [0.2, 0.25) is 0 Å². The lowest BCUT2D eigenvalue weighted by Gasteiger charge is -2.33. The largest absolute Gasteiger partial charge is 0.508 e. The van der Waals surface area contributed by atoms with Crippen molar-refractivity contribution in [1.82, 2.24) is 0 Å². The Labute approximate surface area is 254 Å². The minimum atomic E-state index is -0.230. The van der Waals surface area contributed by atoms with Crippen molar-refractivity contribution >= 4 is 31.9 Å². The first-order valence-electron chi connectivity index (χ1n) is 13.1. The topological polar surface area (TPSA) is 80.9 Å². The highest BCUT2D eigenvalue weighted by molar-refractivity contribution is 9.10. The first-order chi connectivity index (χ1) is 18.5. The molecule has 212 valence electrons. The number of aryl methyl sites for hydroxylation is 4. The molecule has 0 saturated heterocycles. The van der Waals surface area contributed by atoms with E-state index in [1.54, 1.807) is 12.1 Å². The first kappa shape index (κ1) is 31.6. The number of phenols is 4. The SMILES string of the molecule is CC(C)(c1ccc(O)c(Br)c1)c1ccc(O)c(Br)c1.Cc1cc(O)cc(C)c1C(C)(C)c1c(C)cc(O)cc1C. The molecule has 4 rings (SSSR count). The molecule has 0 saturated carbocycles. The van der Waals surface area contributed by atoms with Crippen molar-refractivity contribution < 1.29 is 20.4 Å². The minimum absolute atomic E-state index is 0.191. The van der Waals surface area contributed by atoms with Gasteiger partial charge in [-0.05, 0) is 153 Å². The highest BCUT2D eigenvalue weighted by atomic mass is 79.9. The summed E-state index contributed by atoms with van der Waals surface area (Å²) in [4.78, 5) is 0. The fraction of sp³-hybridized carbons (Fsp3) is 0.294. The molecule has 0 aliphatic rings. The molecular formula is C34H38Br2O4. The van der Waals surface area contributed by atoms with E-state index in [1.807, 2.05) is 76.2 Å². The van der Waals surface area contributed by atoms with Crippen LogP contribution < -0.4 is 0 Å². The summed E-state index contributed by atoms with van der Waals surface area (Å²) in [6.45, 7) is 16.8. The predicted molar refractivity (Wildman–Crippen MR) is 171 cm³/mol. The van der Waals surface area contributed by atoms with E-state index >= 15 is 0 Å². The molecule has 6 heteroatoms. The molecule has 4 N–H and O–H groups in total. The van der Waals surface area contributed by atoms with Gasteiger partial charge >= 0.3 is 0 Å². The van der Waals surface area contributed by atoms with Crippen molar-refractivity contribution in [2.45, 2.75) is 66.2 Å². The number of benzene rings is 4. The van der Waals surface area contributed by atoms with Crippen molar-refractivity contribution in [1.29, 1.82) is 0 Å². The Bertz CT molecular complexity index is 1400. The van der Waals surface area contributed by atoms with Gasteiger partial charge in [-0.3, -0.25) is 0 Å². The summed E-state index contributed by atoms with van der Waals surface area (Å²) in [5.74, 6) is 1.07. The summed E-state index contributed by atoms with van der Waals surface area (Å²) in [5.41, 5.74) is 8.55. The number of hydrogen-bond donors (Lipinski definition) is 4. The number of hydrogen-bond acceptors (Lipinski definition) is 4. The van der Waals surface area contributed by atoms with E-state index in [0.29, 0.717) is 20.4 Å². The van der Waals surface area contributed by atoms with Gasteiger partial charge in [-0.2, -0.15) is 0 Å². The van der Waals surface area contributed by atoms with Crippen molar-refractivity contribution in [2.24, 2.45) is 0 Å². The average molecular weight is 670 g/mol. The highest BCUT2D eigenvalue weighted by Gasteiger charge is 2.30. The van der Waals surface area contributed by atoms with Gasteiger partial charge in [-0.1, -0.05) is 39.8 Å². The molecule has 0 unspecified atom stereocenters. The van der Waals surface area contributed by atoms with Crippen molar-refractivity contribution in [3.63, 3.8) is 0 Å². The molecule has 0 amide bonds. The van der Waals surface area contributed by atoms with Crippen LogP contribution in [0, 0.1) is 27.7 Å². The standard InChI is InChI=1S/C19H24O2.C15H14Br2O2/c1-11-7-15(20)8-12(2)17(11)19(5,6)18-13(3)9-16(21)10-14(18)4;1-15(2,9-3-5-13(18)11(16)7-9)10-4-6-14(19)12(17)8-10/h7-10,20-21H,1-6H3;3-8,18-19H,1-2H3. The number of phenolic OH excluding ortho intramolecular Hbond substituents is 4. The third-order valence-electron chi connectivity index (χ3n) is 7.62. The van der Waals surface area contributed by atoms with Gasteiger partial charge in [0.1, 0.15) is 23.0 Å². The maximum absolute atomic E-state index is 9.77. The van der Waals surface area contributed by atoms with Crippen LogP contribution in [-0.2, 0) is 10.8 Å². The molecule has 4 aromatic carbocycles. The number of rotatable bonds is 4. The Morgan fingerprint density at radius 2 is 0.775 bits per heavy atom. The molecule has 0 spiro atoms. The second-order valence-corrected chi connectivity index (χ2v) is 13.2. The zero-order valence-electron chi connectivity index (χ0n) is 24.3. The summed E-state index contributed by atoms with van der Waals surface area (Å²) in [7, 11) is 0. The van der Waals surface area contributed by atoms with Gasteiger partial charge < -0.3 is 20.4 Å². The second kappa shape index (κ2) is 11.9. The summed E-state index contributed by atoms with van der Waals surface area (Å²) < 4.78 is 1.35. The lowest BCUT2D eigenvalue weighted by Crippen LogP contribution is -2.24. The Kier molecular flexibility index (Phi) is 9.37. The Balaban J connectivity index is 0.000000222. The molecule has 4 aromatic rings. The Hall–Kier alpha value is -2.96. The maximum Gasteiger partial charge on any atom is 0.129 e. The average Bonchev–Trinajstić information content (AvgIpc) is 2.81. The normalized spacial score (nSPS) is 11.7. The lowest BCUT2D eigenvalue weighted by atomic mass is 9.71. The van der Waals surface area contributed by atoms with Crippen LogP contribution in [0.1, 0.15) is 72.2 Å². The summed E-state index contributed by atoms with van der Waals surface area (Å²) >= 11 is 6.68. The monoisotopic (exact) mass is 668 g/mol. The maximum atomic E-state index is 9.77. The zero-order chi connectivity index (χ0) is 30.2. The molecule has 40 heavy (non-hydrogen) atoms. The third-order valence-corrected chi connectivity index (χ3v) is 8.89. The van der Waals surface area contributed by atoms with Crippen LogP contribution in [-0.4, -0.2) is 20.4 Å². The molecule has 0 radical (unpaired) electrons. The molecule has 0 atom stereocenters. The van der Waals surface area contributed by atoms with E-state index in [9.17, 15) is 20.4 Å². The van der Waals surface area contributed by atoms with Gasteiger partial charge in [-0.15, -0.1) is 0 Å². The second-order valence-electron chi connectivity index (χ2n) is 11.5. The Morgan fingerprint density at radius 3 is 1.05 bits per heavy atom. The van der Waals surface area contributed by atoms with Gasteiger partial charge in [-0.25, -0.2) is 0 Å². The van der Waals surface area contributed by atoms with Gasteiger partial charge in [0.15, 0.2) is 0 Å². The molecule has 0 aliphatic heterocycles. The van der Waals surface area contributed by atoms with Gasteiger partial charge in [0.25, 0.3) is 0 Å². The highest BCUT2D eigenvalue weighted by Crippen LogP contribution is 2.41. The lowest BCUT2D eigenvalue weighted by molar-refractivity contribution is 0.469. The van der Waals surface area contributed by atoms with Crippen LogP contribution in [0.2, 0.25) is 0 Å². The minimum Gasteiger partial charge on any atom is -0.508 e. The number of aromatic hydroxyl groups is 4. The first-order valence-corrected chi connectivity index (χ1v) is 14.6. The fourth-order valence-corrected chi connectivity index (χ4v) is 6.69. The van der Waals surface area contributed by atoms with Gasteiger partial charge in [0.05, 0.1) is 8.95 Å².